The lowest BCUT2D eigenvalue weighted by molar-refractivity contribution is -0.161. The summed E-state index contributed by atoms with van der Waals surface area (Å²) < 4.78 is 11.6. The third-order valence-corrected chi connectivity index (χ3v) is 4.39. The predicted molar refractivity (Wildman–Crippen MR) is 75.1 cm³/mol. The third kappa shape index (κ3) is 2.38. The van der Waals surface area contributed by atoms with Crippen molar-refractivity contribution in [2.75, 3.05) is 31.2 Å². The Morgan fingerprint density at radius 3 is 2.80 bits per heavy atom. The zero-order valence-corrected chi connectivity index (χ0v) is 12.1. The van der Waals surface area contributed by atoms with Gasteiger partial charge in [-0.1, -0.05) is 11.6 Å². The lowest BCUT2D eigenvalue weighted by atomic mass is 10.0. The Bertz CT molecular complexity index is 515. The second kappa shape index (κ2) is 4.83. The van der Waals surface area contributed by atoms with E-state index in [-0.39, 0.29) is 0 Å². The van der Waals surface area contributed by atoms with E-state index >= 15 is 0 Å². The third-order valence-electron chi connectivity index (χ3n) is 4.20. The molecule has 0 bridgehead atoms. The van der Waals surface area contributed by atoms with E-state index in [0.29, 0.717) is 24.3 Å². The molecule has 1 aromatic rings. The first-order chi connectivity index (χ1) is 9.74. The van der Waals surface area contributed by atoms with E-state index in [4.69, 9.17) is 26.1 Å². The van der Waals surface area contributed by atoms with Gasteiger partial charge in [0.2, 0.25) is 0 Å². The van der Waals surface area contributed by atoms with Gasteiger partial charge in [-0.2, -0.15) is 0 Å². The van der Waals surface area contributed by atoms with Crippen molar-refractivity contribution in [3.05, 3.63) is 17.0 Å². The Hall–Kier alpha value is -0.910. The van der Waals surface area contributed by atoms with Crippen LogP contribution in [0, 0.1) is 0 Å². The molecule has 3 heterocycles. The summed E-state index contributed by atoms with van der Waals surface area (Å²) in [4.78, 5) is 11.3. The van der Waals surface area contributed by atoms with Gasteiger partial charge in [-0.05, 0) is 19.3 Å². The molecule has 1 aromatic heterocycles. The predicted octanol–water partition coefficient (Wildman–Crippen LogP) is 2.35. The minimum absolute atomic E-state index is 0.435. The smallest absolute Gasteiger partial charge is 0.186 e. The van der Waals surface area contributed by atoms with E-state index in [0.717, 1.165) is 37.6 Å². The number of anilines is 1. The van der Waals surface area contributed by atoms with Crippen molar-refractivity contribution in [1.82, 2.24) is 9.97 Å². The van der Waals surface area contributed by atoms with Gasteiger partial charge < -0.3 is 14.4 Å². The van der Waals surface area contributed by atoms with Crippen LogP contribution in [0.1, 0.15) is 37.4 Å². The molecule has 6 heteroatoms. The molecule has 0 unspecified atom stereocenters. The van der Waals surface area contributed by atoms with Gasteiger partial charge >= 0.3 is 0 Å². The lowest BCUT2D eigenvalue weighted by Gasteiger charge is -2.39. The van der Waals surface area contributed by atoms with E-state index in [1.165, 1.54) is 12.8 Å². The molecular weight excluding hydrogens is 278 g/mol. The summed E-state index contributed by atoms with van der Waals surface area (Å²) >= 11 is 6.15. The minimum atomic E-state index is -0.435. The maximum Gasteiger partial charge on any atom is 0.186 e. The van der Waals surface area contributed by atoms with Crippen molar-refractivity contribution in [3.63, 3.8) is 0 Å². The molecule has 0 N–H and O–H groups in total. The zero-order chi connectivity index (χ0) is 13.6. The molecule has 1 saturated carbocycles. The number of aromatic nitrogens is 2. The molecule has 1 spiro atoms. The fourth-order valence-corrected chi connectivity index (χ4v) is 3.21. The van der Waals surface area contributed by atoms with Crippen molar-refractivity contribution in [2.45, 2.75) is 37.4 Å². The number of rotatable bonds is 2. The van der Waals surface area contributed by atoms with Crippen LogP contribution in [-0.2, 0) is 9.47 Å². The van der Waals surface area contributed by atoms with Crippen LogP contribution < -0.4 is 4.90 Å². The van der Waals surface area contributed by atoms with Crippen LogP contribution in [0.5, 0.6) is 0 Å². The fourth-order valence-electron chi connectivity index (χ4n) is 3.03. The van der Waals surface area contributed by atoms with Crippen LogP contribution in [0.2, 0.25) is 5.15 Å². The number of hydrogen-bond acceptors (Lipinski definition) is 5. The standard InChI is InChI=1S/C14H18ClN3O2/c15-11-8-12(17-13(16-11)10-2-3-10)18-5-1-4-14(9-18)19-6-7-20-14/h8,10H,1-7,9H2. The minimum Gasteiger partial charge on any atom is -0.351 e. The van der Waals surface area contributed by atoms with Crippen LogP contribution in [0.15, 0.2) is 6.07 Å². The van der Waals surface area contributed by atoms with Crippen molar-refractivity contribution in [2.24, 2.45) is 0 Å². The maximum atomic E-state index is 6.15. The highest BCUT2D eigenvalue weighted by Gasteiger charge is 2.41. The number of nitrogens with zero attached hydrogens (tertiary/aromatic N) is 3. The van der Waals surface area contributed by atoms with E-state index < -0.39 is 5.79 Å². The van der Waals surface area contributed by atoms with Gasteiger partial charge in [0.15, 0.2) is 5.79 Å². The normalized spacial score (nSPS) is 25.4. The summed E-state index contributed by atoms with van der Waals surface area (Å²) in [5.74, 6) is 1.87. The quantitative estimate of drug-likeness (QED) is 0.784. The van der Waals surface area contributed by atoms with Gasteiger partial charge in [0.05, 0.1) is 19.8 Å². The number of hydrogen-bond donors (Lipinski definition) is 0. The SMILES string of the molecule is Clc1cc(N2CCCC3(C2)OCCO3)nc(C2CC2)n1. The molecule has 1 aliphatic carbocycles. The first-order valence-corrected chi connectivity index (χ1v) is 7.69. The largest absolute Gasteiger partial charge is 0.351 e. The Kier molecular flexibility index (Phi) is 3.09. The van der Waals surface area contributed by atoms with Crippen molar-refractivity contribution in [3.8, 4) is 0 Å². The summed E-state index contributed by atoms with van der Waals surface area (Å²) in [6, 6.07) is 1.85. The van der Waals surface area contributed by atoms with Gasteiger partial charge in [-0.15, -0.1) is 0 Å². The van der Waals surface area contributed by atoms with Crippen LogP contribution in [-0.4, -0.2) is 42.1 Å². The molecule has 0 atom stereocenters. The van der Waals surface area contributed by atoms with Crippen LogP contribution in [0.25, 0.3) is 0 Å². The Morgan fingerprint density at radius 1 is 1.25 bits per heavy atom. The van der Waals surface area contributed by atoms with Crippen molar-refractivity contribution in [1.29, 1.82) is 0 Å². The summed E-state index contributed by atoms with van der Waals surface area (Å²) in [5, 5.41) is 0.532. The average molecular weight is 296 g/mol. The van der Waals surface area contributed by atoms with Gasteiger partial charge in [-0.3, -0.25) is 0 Å². The number of ether oxygens (including phenoxy) is 2. The van der Waals surface area contributed by atoms with Crippen LogP contribution >= 0.6 is 11.6 Å². The van der Waals surface area contributed by atoms with Crippen LogP contribution in [0.4, 0.5) is 5.82 Å². The van der Waals surface area contributed by atoms with Crippen molar-refractivity contribution >= 4 is 17.4 Å². The Labute approximate surface area is 123 Å². The maximum absolute atomic E-state index is 6.15. The summed E-state index contributed by atoms with van der Waals surface area (Å²) in [7, 11) is 0. The molecule has 2 aliphatic heterocycles. The van der Waals surface area contributed by atoms with Gasteiger partial charge in [0, 0.05) is 24.9 Å². The van der Waals surface area contributed by atoms with E-state index in [1.807, 2.05) is 6.07 Å². The van der Waals surface area contributed by atoms with Crippen LogP contribution in [0.3, 0.4) is 0 Å². The van der Waals surface area contributed by atoms with E-state index in [2.05, 4.69) is 9.88 Å². The van der Waals surface area contributed by atoms with E-state index in [9.17, 15) is 0 Å². The highest BCUT2D eigenvalue weighted by Crippen LogP contribution is 2.39. The molecule has 5 nitrogen and oxygen atoms in total. The fraction of sp³-hybridized carbons (Fsp3) is 0.714. The Balaban J connectivity index is 1.59. The molecule has 108 valence electrons. The highest BCUT2D eigenvalue weighted by molar-refractivity contribution is 6.29. The van der Waals surface area contributed by atoms with Gasteiger partial charge in [0.25, 0.3) is 0 Å². The molecular formula is C14H18ClN3O2. The van der Waals surface area contributed by atoms with Gasteiger partial charge in [0.1, 0.15) is 16.8 Å². The second-order valence-electron chi connectivity index (χ2n) is 5.81. The first-order valence-electron chi connectivity index (χ1n) is 7.31. The lowest BCUT2D eigenvalue weighted by Crippen LogP contribution is -2.49. The number of piperidine rings is 1. The molecule has 20 heavy (non-hydrogen) atoms. The molecule has 4 rings (SSSR count). The van der Waals surface area contributed by atoms with Crippen molar-refractivity contribution < 1.29 is 9.47 Å². The summed E-state index contributed by atoms with van der Waals surface area (Å²) in [5.41, 5.74) is 0. The summed E-state index contributed by atoms with van der Waals surface area (Å²) in [6.45, 7) is 3.06. The molecule has 0 amide bonds. The zero-order valence-electron chi connectivity index (χ0n) is 11.3. The highest BCUT2D eigenvalue weighted by atomic mass is 35.5. The molecule has 3 aliphatic rings. The molecule has 0 aromatic carbocycles. The topological polar surface area (TPSA) is 47.5 Å². The molecule has 2 saturated heterocycles. The first kappa shape index (κ1) is 12.8. The molecule has 3 fully saturated rings. The summed E-state index contributed by atoms with van der Waals surface area (Å²) in [6.07, 6.45) is 4.35. The Morgan fingerprint density at radius 2 is 2.05 bits per heavy atom. The molecule has 0 radical (unpaired) electrons. The monoisotopic (exact) mass is 295 g/mol. The van der Waals surface area contributed by atoms with Gasteiger partial charge in [-0.25, -0.2) is 9.97 Å². The second-order valence-corrected chi connectivity index (χ2v) is 6.20. The number of halogens is 1. The average Bonchev–Trinajstić information content (AvgIpc) is 3.21. The van der Waals surface area contributed by atoms with E-state index in [1.54, 1.807) is 0 Å².